The summed E-state index contributed by atoms with van der Waals surface area (Å²) in [4.78, 5) is 0. The molecule has 2 aliphatic carbocycles. The molecule has 1 heteroatoms. The first-order chi connectivity index (χ1) is 6.37. The van der Waals surface area contributed by atoms with E-state index in [4.69, 9.17) is 0 Å². The summed E-state index contributed by atoms with van der Waals surface area (Å²) in [6.07, 6.45) is 10.3. The van der Waals surface area contributed by atoms with Crippen molar-refractivity contribution in [3.63, 3.8) is 0 Å². The lowest BCUT2D eigenvalue weighted by Crippen LogP contribution is -2.48. The van der Waals surface area contributed by atoms with E-state index < -0.39 is 0 Å². The van der Waals surface area contributed by atoms with Crippen molar-refractivity contribution in [3.8, 4) is 0 Å². The first-order valence-electron chi connectivity index (χ1n) is 6.08. The smallest absolute Gasteiger partial charge is 0.00105 e. The summed E-state index contributed by atoms with van der Waals surface area (Å²) in [5.74, 6) is 1.09. The maximum absolute atomic E-state index is 3.63. The van der Waals surface area contributed by atoms with Crippen molar-refractivity contribution >= 4 is 0 Å². The molecule has 0 atom stereocenters. The highest BCUT2D eigenvalue weighted by molar-refractivity contribution is 4.97. The molecule has 0 spiro atoms. The van der Waals surface area contributed by atoms with Gasteiger partial charge in [0, 0.05) is 6.54 Å². The molecule has 1 N–H and O–H groups in total. The average molecular weight is 181 g/mol. The van der Waals surface area contributed by atoms with Gasteiger partial charge in [-0.05, 0) is 50.0 Å². The van der Waals surface area contributed by atoms with Crippen molar-refractivity contribution in [2.45, 2.75) is 51.9 Å². The van der Waals surface area contributed by atoms with Crippen LogP contribution in [0.4, 0.5) is 0 Å². The summed E-state index contributed by atoms with van der Waals surface area (Å²) in [5.41, 5.74) is 0.757. The fourth-order valence-electron chi connectivity index (χ4n) is 2.89. The molecule has 2 aliphatic rings. The van der Waals surface area contributed by atoms with Crippen molar-refractivity contribution in [1.29, 1.82) is 0 Å². The van der Waals surface area contributed by atoms with Crippen molar-refractivity contribution in [3.05, 3.63) is 0 Å². The molecular weight excluding hydrogens is 158 g/mol. The van der Waals surface area contributed by atoms with Crippen molar-refractivity contribution in [2.24, 2.45) is 11.3 Å². The molecule has 76 valence electrons. The fraction of sp³-hybridized carbons (Fsp3) is 1.00. The minimum Gasteiger partial charge on any atom is -0.316 e. The molecule has 0 radical (unpaired) electrons. The molecule has 1 nitrogen and oxygen atoms in total. The predicted octanol–water partition coefficient (Wildman–Crippen LogP) is 2.96. The Morgan fingerprint density at radius 1 is 1.23 bits per heavy atom. The van der Waals surface area contributed by atoms with Gasteiger partial charge in [-0.15, -0.1) is 0 Å². The lowest BCUT2D eigenvalue weighted by Gasteiger charge is -2.52. The van der Waals surface area contributed by atoms with E-state index >= 15 is 0 Å². The van der Waals surface area contributed by atoms with Crippen LogP contribution in [0.3, 0.4) is 0 Å². The van der Waals surface area contributed by atoms with E-state index in [1.807, 2.05) is 0 Å². The van der Waals surface area contributed by atoms with Crippen LogP contribution < -0.4 is 5.32 Å². The van der Waals surface area contributed by atoms with E-state index in [0.717, 1.165) is 11.3 Å². The maximum atomic E-state index is 3.63. The van der Waals surface area contributed by atoms with Gasteiger partial charge in [-0.1, -0.05) is 19.8 Å². The Kier molecular flexibility index (Phi) is 2.92. The number of rotatable bonds is 5. The Morgan fingerprint density at radius 2 is 2.00 bits per heavy atom. The summed E-state index contributed by atoms with van der Waals surface area (Å²) in [7, 11) is 0. The summed E-state index contributed by atoms with van der Waals surface area (Å²) in [5, 5.41) is 3.63. The molecule has 0 heterocycles. The highest BCUT2D eigenvalue weighted by atomic mass is 14.9. The lowest BCUT2D eigenvalue weighted by atomic mass is 9.55. The topological polar surface area (TPSA) is 12.0 Å². The van der Waals surface area contributed by atoms with Crippen LogP contribution in [-0.2, 0) is 0 Å². The van der Waals surface area contributed by atoms with Gasteiger partial charge in [-0.25, -0.2) is 0 Å². The third-order valence-electron chi connectivity index (χ3n) is 4.22. The van der Waals surface area contributed by atoms with E-state index in [-0.39, 0.29) is 0 Å². The zero-order valence-corrected chi connectivity index (χ0v) is 8.94. The van der Waals surface area contributed by atoms with Gasteiger partial charge in [0.15, 0.2) is 0 Å². The van der Waals surface area contributed by atoms with Crippen LogP contribution in [0.1, 0.15) is 51.9 Å². The first kappa shape index (κ1) is 9.51. The van der Waals surface area contributed by atoms with Gasteiger partial charge < -0.3 is 5.32 Å². The molecule has 0 aliphatic heterocycles. The minimum absolute atomic E-state index is 0.757. The number of hydrogen-bond donors (Lipinski definition) is 1. The normalized spacial score (nSPS) is 26.5. The van der Waals surface area contributed by atoms with E-state index in [0.29, 0.717) is 0 Å². The molecule has 0 amide bonds. The number of nitrogens with one attached hydrogen (secondary N) is 1. The summed E-state index contributed by atoms with van der Waals surface area (Å²) >= 11 is 0. The standard InChI is InChI=1S/C12H23N/c1-2-9-13-10-12(7-4-8-12)11-5-3-6-11/h11,13H,2-10H2,1H3. The molecule has 0 bridgehead atoms. The molecule has 2 saturated carbocycles. The van der Waals surface area contributed by atoms with Crippen molar-refractivity contribution in [2.75, 3.05) is 13.1 Å². The van der Waals surface area contributed by atoms with Gasteiger partial charge in [0.25, 0.3) is 0 Å². The van der Waals surface area contributed by atoms with Gasteiger partial charge >= 0.3 is 0 Å². The molecule has 13 heavy (non-hydrogen) atoms. The molecular formula is C12H23N. The molecule has 0 saturated heterocycles. The largest absolute Gasteiger partial charge is 0.316 e. The summed E-state index contributed by atoms with van der Waals surface area (Å²) in [6.45, 7) is 4.78. The molecule has 0 unspecified atom stereocenters. The van der Waals surface area contributed by atoms with Crippen LogP contribution in [0.5, 0.6) is 0 Å². The molecule has 0 aromatic carbocycles. The molecule has 0 aromatic rings. The van der Waals surface area contributed by atoms with Crippen LogP contribution in [0.25, 0.3) is 0 Å². The van der Waals surface area contributed by atoms with Crippen LogP contribution in [0, 0.1) is 11.3 Å². The molecule has 2 rings (SSSR count). The van der Waals surface area contributed by atoms with Crippen LogP contribution in [0.15, 0.2) is 0 Å². The second kappa shape index (κ2) is 4.00. The summed E-state index contributed by atoms with van der Waals surface area (Å²) < 4.78 is 0. The van der Waals surface area contributed by atoms with Gasteiger partial charge in [0.2, 0.25) is 0 Å². The Morgan fingerprint density at radius 3 is 2.38 bits per heavy atom. The minimum atomic E-state index is 0.757. The monoisotopic (exact) mass is 181 g/mol. The summed E-state index contributed by atoms with van der Waals surface area (Å²) in [6, 6.07) is 0. The fourth-order valence-corrected chi connectivity index (χ4v) is 2.89. The average Bonchev–Trinajstić information content (AvgIpc) is 1.96. The molecule has 0 aromatic heterocycles. The SMILES string of the molecule is CCCNCC1(C2CCC2)CCC1. The Bertz CT molecular complexity index is 157. The Labute approximate surface area is 82.3 Å². The third kappa shape index (κ3) is 1.76. The van der Waals surface area contributed by atoms with E-state index in [1.54, 1.807) is 0 Å². The third-order valence-corrected chi connectivity index (χ3v) is 4.22. The van der Waals surface area contributed by atoms with Crippen molar-refractivity contribution < 1.29 is 0 Å². The van der Waals surface area contributed by atoms with Gasteiger partial charge in [-0.3, -0.25) is 0 Å². The Balaban J connectivity index is 1.77. The second-order valence-corrected chi connectivity index (χ2v) is 5.02. The quantitative estimate of drug-likeness (QED) is 0.643. The first-order valence-corrected chi connectivity index (χ1v) is 6.08. The zero-order valence-electron chi connectivity index (χ0n) is 8.94. The number of hydrogen-bond acceptors (Lipinski definition) is 1. The van der Waals surface area contributed by atoms with Gasteiger partial charge in [-0.2, -0.15) is 0 Å². The van der Waals surface area contributed by atoms with Crippen LogP contribution >= 0.6 is 0 Å². The molecule has 2 fully saturated rings. The van der Waals surface area contributed by atoms with Crippen molar-refractivity contribution in [1.82, 2.24) is 5.32 Å². The Hall–Kier alpha value is -0.0400. The van der Waals surface area contributed by atoms with Crippen LogP contribution in [-0.4, -0.2) is 13.1 Å². The second-order valence-electron chi connectivity index (χ2n) is 5.02. The van der Waals surface area contributed by atoms with Gasteiger partial charge in [0.05, 0.1) is 0 Å². The predicted molar refractivity (Wildman–Crippen MR) is 56.8 cm³/mol. The van der Waals surface area contributed by atoms with Crippen LogP contribution in [0.2, 0.25) is 0 Å². The van der Waals surface area contributed by atoms with E-state index in [9.17, 15) is 0 Å². The zero-order chi connectivity index (χ0) is 9.15. The van der Waals surface area contributed by atoms with Gasteiger partial charge in [0.1, 0.15) is 0 Å². The maximum Gasteiger partial charge on any atom is 0.00105 e. The highest BCUT2D eigenvalue weighted by Gasteiger charge is 2.45. The highest BCUT2D eigenvalue weighted by Crippen LogP contribution is 2.53. The van der Waals surface area contributed by atoms with E-state index in [2.05, 4.69) is 12.2 Å². The lowest BCUT2D eigenvalue weighted by molar-refractivity contribution is 0.00314. The van der Waals surface area contributed by atoms with E-state index in [1.165, 1.54) is 58.0 Å².